The largest absolute Gasteiger partial charge is 0.474 e. The van der Waals surface area contributed by atoms with Crippen molar-refractivity contribution >= 4 is 5.91 Å². The minimum Gasteiger partial charge on any atom is -0.474 e. The fourth-order valence-electron chi connectivity index (χ4n) is 2.42. The number of carbonyl (C=O) groups excluding carboxylic acids is 1. The zero-order chi connectivity index (χ0) is 15.4. The number of ether oxygens (including phenoxy) is 1. The first-order chi connectivity index (χ1) is 10.7. The quantitative estimate of drug-likeness (QED) is 0.908. The second-order valence-corrected chi connectivity index (χ2v) is 5.10. The lowest BCUT2D eigenvalue weighted by Crippen LogP contribution is -2.42. The van der Waals surface area contributed by atoms with Gasteiger partial charge in [-0.05, 0) is 6.07 Å². The summed E-state index contributed by atoms with van der Waals surface area (Å²) in [4.78, 5) is 35.5. The van der Waals surface area contributed by atoms with Crippen LogP contribution >= 0.6 is 0 Å². The highest BCUT2D eigenvalue weighted by molar-refractivity contribution is 5.93. The van der Waals surface area contributed by atoms with Gasteiger partial charge in [0.15, 0.2) is 0 Å². The van der Waals surface area contributed by atoms with E-state index in [0.29, 0.717) is 24.5 Å². The van der Waals surface area contributed by atoms with Crippen LogP contribution < -0.4 is 10.3 Å². The molecule has 1 aliphatic rings. The van der Waals surface area contributed by atoms with Crippen LogP contribution in [-0.4, -0.2) is 45.0 Å². The predicted octanol–water partition coefficient (Wildman–Crippen LogP) is 0.849. The molecule has 1 N–H and O–H groups in total. The van der Waals surface area contributed by atoms with Crippen molar-refractivity contribution in [1.82, 2.24) is 19.9 Å². The van der Waals surface area contributed by atoms with Gasteiger partial charge in [-0.25, -0.2) is 9.97 Å². The van der Waals surface area contributed by atoms with Crippen LogP contribution in [-0.2, 0) is 0 Å². The van der Waals surface area contributed by atoms with E-state index in [2.05, 4.69) is 15.0 Å². The van der Waals surface area contributed by atoms with E-state index in [1.54, 1.807) is 23.2 Å². The fraction of sp³-hybridized carbons (Fsp3) is 0.333. The predicted molar refractivity (Wildman–Crippen MR) is 78.6 cm³/mol. The standard InChI is InChI=1S/C15H16N4O3/c20-13-2-1-11(9-17-13)15(21)19-7-4-12(5-8-19)22-14-3-6-16-10-18-14/h1-3,6,9-10,12H,4-5,7-8H2,(H,17,20). The lowest BCUT2D eigenvalue weighted by molar-refractivity contribution is 0.0587. The number of aromatic amines is 1. The summed E-state index contributed by atoms with van der Waals surface area (Å²) < 4.78 is 5.77. The average Bonchev–Trinajstić information content (AvgIpc) is 2.57. The van der Waals surface area contributed by atoms with Crippen molar-refractivity contribution in [3.8, 4) is 5.88 Å². The molecule has 3 heterocycles. The Morgan fingerprint density at radius 3 is 2.73 bits per heavy atom. The monoisotopic (exact) mass is 300 g/mol. The molecule has 0 saturated carbocycles. The number of likely N-dealkylation sites (tertiary alicyclic amines) is 1. The Morgan fingerprint density at radius 1 is 1.27 bits per heavy atom. The number of amides is 1. The van der Waals surface area contributed by atoms with Crippen LogP contribution in [0.2, 0.25) is 0 Å². The second kappa shape index (κ2) is 6.38. The maximum atomic E-state index is 12.3. The van der Waals surface area contributed by atoms with Crippen LogP contribution in [0, 0.1) is 0 Å². The van der Waals surface area contributed by atoms with E-state index < -0.39 is 0 Å². The lowest BCUT2D eigenvalue weighted by Gasteiger charge is -2.31. The molecule has 1 amide bonds. The van der Waals surface area contributed by atoms with Crippen molar-refractivity contribution in [3.05, 3.63) is 52.8 Å². The molecule has 0 radical (unpaired) electrons. The number of carbonyl (C=O) groups is 1. The van der Waals surface area contributed by atoms with Gasteiger partial charge in [0.25, 0.3) is 5.91 Å². The van der Waals surface area contributed by atoms with Gasteiger partial charge in [-0.1, -0.05) is 0 Å². The van der Waals surface area contributed by atoms with E-state index in [0.717, 1.165) is 12.8 Å². The molecule has 2 aromatic rings. The van der Waals surface area contributed by atoms with Crippen LogP contribution in [0.1, 0.15) is 23.2 Å². The van der Waals surface area contributed by atoms with E-state index in [9.17, 15) is 9.59 Å². The minimum absolute atomic E-state index is 0.0505. The molecule has 0 spiro atoms. The Balaban J connectivity index is 1.56. The van der Waals surface area contributed by atoms with Gasteiger partial charge in [0.05, 0.1) is 5.56 Å². The summed E-state index contributed by atoms with van der Waals surface area (Å²) in [6.07, 6.45) is 6.09. The maximum absolute atomic E-state index is 12.3. The molecule has 0 atom stereocenters. The minimum atomic E-state index is -0.214. The number of pyridine rings is 1. The van der Waals surface area contributed by atoms with E-state index >= 15 is 0 Å². The lowest BCUT2D eigenvalue weighted by atomic mass is 10.1. The van der Waals surface area contributed by atoms with Crippen molar-refractivity contribution in [1.29, 1.82) is 0 Å². The molecule has 3 rings (SSSR count). The Kier molecular flexibility index (Phi) is 4.13. The van der Waals surface area contributed by atoms with Crippen molar-refractivity contribution in [3.63, 3.8) is 0 Å². The van der Waals surface area contributed by atoms with Crippen molar-refractivity contribution in [2.75, 3.05) is 13.1 Å². The number of hydrogen-bond donors (Lipinski definition) is 1. The number of nitrogens with zero attached hydrogens (tertiary/aromatic N) is 3. The summed E-state index contributed by atoms with van der Waals surface area (Å²) in [6, 6.07) is 4.63. The van der Waals surface area contributed by atoms with Crippen LogP contribution in [0.25, 0.3) is 0 Å². The Morgan fingerprint density at radius 2 is 2.09 bits per heavy atom. The molecule has 114 valence electrons. The molecular weight excluding hydrogens is 284 g/mol. The van der Waals surface area contributed by atoms with E-state index in [4.69, 9.17) is 4.74 Å². The van der Waals surface area contributed by atoms with Gasteiger partial charge >= 0.3 is 0 Å². The number of H-pyrrole nitrogens is 1. The molecule has 7 nitrogen and oxygen atoms in total. The first-order valence-corrected chi connectivity index (χ1v) is 7.13. The summed E-state index contributed by atoms with van der Waals surface area (Å²) in [5.74, 6) is 0.483. The summed E-state index contributed by atoms with van der Waals surface area (Å²) in [5.41, 5.74) is 0.281. The number of hydrogen-bond acceptors (Lipinski definition) is 5. The first-order valence-electron chi connectivity index (χ1n) is 7.13. The highest BCUT2D eigenvalue weighted by atomic mass is 16.5. The van der Waals surface area contributed by atoms with E-state index in [1.807, 2.05) is 0 Å². The molecule has 7 heteroatoms. The molecule has 0 aromatic carbocycles. The fourth-order valence-corrected chi connectivity index (χ4v) is 2.42. The van der Waals surface area contributed by atoms with Gasteiger partial charge in [-0.15, -0.1) is 0 Å². The summed E-state index contributed by atoms with van der Waals surface area (Å²) in [5, 5.41) is 0. The summed E-state index contributed by atoms with van der Waals surface area (Å²) in [6.45, 7) is 1.24. The Bertz CT molecular complexity index is 673. The molecule has 1 fully saturated rings. The van der Waals surface area contributed by atoms with Gasteiger partial charge in [0.2, 0.25) is 11.4 Å². The topological polar surface area (TPSA) is 88.2 Å². The van der Waals surface area contributed by atoms with Gasteiger partial charge in [-0.2, -0.15) is 0 Å². The van der Waals surface area contributed by atoms with Crippen LogP contribution in [0.5, 0.6) is 5.88 Å². The molecule has 2 aromatic heterocycles. The highest BCUT2D eigenvalue weighted by Gasteiger charge is 2.25. The van der Waals surface area contributed by atoms with Crippen LogP contribution in [0.15, 0.2) is 41.7 Å². The third-order valence-electron chi connectivity index (χ3n) is 3.60. The van der Waals surface area contributed by atoms with Gasteiger partial charge < -0.3 is 14.6 Å². The zero-order valence-electron chi connectivity index (χ0n) is 11.9. The van der Waals surface area contributed by atoms with Gasteiger partial charge in [0.1, 0.15) is 12.4 Å². The summed E-state index contributed by atoms with van der Waals surface area (Å²) >= 11 is 0. The Labute approximate surface area is 127 Å². The number of piperidine rings is 1. The molecule has 0 aliphatic carbocycles. The van der Waals surface area contributed by atoms with Crippen LogP contribution in [0.3, 0.4) is 0 Å². The Hall–Kier alpha value is -2.70. The molecule has 0 unspecified atom stereocenters. The third kappa shape index (κ3) is 3.30. The van der Waals surface area contributed by atoms with Crippen molar-refractivity contribution in [2.24, 2.45) is 0 Å². The maximum Gasteiger partial charge on any atom is 0.255 e. The smallest absolute Gasteiger partial charge is 0.255 e. The van der Waals surface area contributed by atoms with Crippen LogP contribution in [0.4, 0.5) is 0 Å². The number of aromatic nitrogens is 3. The van der Waals surface area contributed by atoms with Crippen molar-refractivity contribution < 1.29 is 9.53 Å². The number of rotatable bonds is 3. The zero-order valence-corrected chi connectivity index (χ0v) is 11.9. The second-order valence-electron chi connectivity index (χ2n) is 5.10. The average molecular weight is 300 g/mol. The summed E-state index contributed by atoms with van der Waals surface area (Å²) in [7, 11) is 0. The highest BCUT2D eigenvalue weighted by Crippen LogP contribution is 2.17. The normalized spacial score (nSPS) is 15.5. The van der Waals surface area contributed by atoms with E-state index in [-0.39, 0.29) is 17.6 Å². The molecule has 0 bridgehead atoms. The molecule has 1 aliphatic heterocycles. The SMILES string of the molecule is O=C(c1ccc(=O)[nH]c1)N1CCC(Oc2ccncn2)CC1. The molecule has 1 saturated heterocycles. The van der Waals surface area contributed by atoms with Gasteiger partial charge in [-0.3, -0.25) is 9.59 Å². The molecule has 22 heavy (non-hydrogen) atoms. The van der Waals surface area contributed by atoms with Crippen molar-refractivity contribution in [2.45, 2.75) is 18.9 Å². The molecular formula is C15H16N4O3. The van der Waals surface area contributed by atoms with E-state index in [1.165, 1.54) is 18.6 Å². The third-order valence-corrected chi connectivity index (χ3v) is 3.60. The number of nitrogens with one attached hydrogen (secondary N) is 1. The first kappa shape index (κ1) is 14.2. The van der Waals surface area contributed by atoms with Gasteiger partial charge in [0, 0.05) is 50.5 Å².